The van der Waals surface area contributed by atoms with Gasteiger partial charge in [-0.2, -0.15) is 0 Å². The van der Waals surface area contributed by atoms with Gasteiger partial charge >= 0.3 is 0 Å². The van der Waals surface area contributed by atoms with Gasteiger partial charge in [0, 0.05) is 23.0 Å². The van der Waals surface area contributed by atoms with Crippen molar-refractivity contribution < 1.29 is 5.11 Å². The molecule has 30 heavy (non-hydrogen) atoms. The Morgan fingerprint density at radius 1 is 1.03 bits per heavy atom. The van der Waals surface area contributed by atoms with Gasteiger partial charge in [-0.25, -0.2) is 9.98 Å². The highest BCUT2D eigenvalue weighted by atomic mass is 16.3. The first-order valence-electron chi connectivity index (χ1n) is 9.58. The van der Waals surface area contributed by atoms with Gasteiger partial charge in [0.25, 0.3) is 5.56 Å². The fourth-order valence-corrected chi connectivity index (χ4v) is 3.72. The van der Waals surface area contributed by atoms with E-state index in [0.717, 1.165) is 16.5 Å². The van der Waals surface area contributed by atoms with Crippen LogP contribution in [0.2, 0.25) is 0 Å². The van der Waals surface area contributed by atoms with Crippen molar-refractivity contribution >= 4 is 28.4 Å². The summed E-state index contributed by atoms with van der Waals surface area (Å²) in [5, 5.41) is 18.9. The fraction of sp³-hybridized carbons (Fsp3) is 0.0870. The maximum absolute atomic E-state index is 12.9. The number of nitrogens with one attached hydrogen (secondary N) is 2. The second-order valence-corrected chi connectivity index (χ2v) is 7.12. The highest BCUT2D eigenvalue weighted by Crippen LogP contribution is 2.37. The van der Waals surface area contributed by atoms with E-state index in [-0.39, 0.29) is 11.3 Å². The lowest BCUT2D eigenvalue weighted by molar-refractivity contribution is 0.454. The summed E-state index contributed by atoms with van der Waals surface area (Å²) in [6.07, 6.45) is -0.779. The van der Waals surface area contributed by atoms with Gasteiger partial charge in [-0.05, 0) is 35.9 Å². The van der Waals surface area contributed by atoms with E-state index in [1.807, 2.05) is 60.7 Å². The summed E-state index contributed by atoms with van der Waals surface area (Å²) in [5.41, 5.74) is 1.74. The van der Waals surface area contributed by atoms with E-state index in [4.69, 9.17) is 4.99 Å². The number of para-hydroxylation sites is 1. The SMILES string of the molecule is Cc1cc(=O)n2c(n1)NC(Nc1ccccc1)=NC2c1c(O)ccc2ccccc12. The zero-order valence-corrected chi connectivity index (χ0v) is 16.2. The molecule has 1 unspecified atom stereocenters. The lowest BCUT2D eigenvalue weighted by atomic mass is 10.0. The Kier molecular flexibility index (Phi) is 4.21. The molecule has 0 amide bonds. The molecule has 1 aliphatic heterocycles. The third kappa shape index (κ3) is 3.06. The molecule has 7 nitrogen and oxygen atoms in total. The van der Waals surface area contributed by atoms with E-state index in [2.05, 4.69) is 15.6 Å². The highest BCUT2D eigenvalue weighted by Gasteiger charge is 2.28. The van der Waals surface area contributed by atoms with E-state index in [0.29, 0.717) is 23.2 Å². The minimum atomic E-state index is -0.779. The lowest BCUT2D eigenvalue weighted by Crippen LogP contribution is -2.37. The molecule has 3 aromatic carbocycles. The van der Waals surface area contributed by atoms with Crippen LogP contribution in [-0.2, 0) is 0 Å². The molecule has 2 heterocycles. The quantitative estimate of drug-likeness (QED) is 0.478. The van der Waals surface area contributed by atoms with Crippen molar-refractivity contribution in [2.75, 3.05) is 10.6 Å². The maximum atomic E-state index is 12.9. The molecule has 0 aliphatic carbocycles. The number of fused-ring (bicyclic) bond motifs is 2. The van der Waals surface area contributed by atoms with Crippen LogP contribution in [0.4, 0.5) is 11.6 Å². The number of hydrogen-bond acceptors (Lipinski definition) is 6. The number of rotatable bonds is 2. The summed E-state index contributed by atoms with van der Waals surface area (Å²) < 4.78 is 1.46. The third-order valence-corrected chi connectivity index (χ3v) is 5.05. The van der Waals surface area contributed by atoms with Gasteiger partial charge in [-0.3, -0.25) is 14.7 Å². The number of aryl methyl sites for hydroxylation is 1. The van der Waals surface area contributed by atoms with Crippen LogP contribution in [0.15, 0.2) is 82.6 Å². The van der Waals surface area contributed by atoms with E-state index < -0.39 is 6.17 Å². The van der Waals surface area contributed by atoms with Gasteiger partial charge in [0.05, 0.1) is 0 Å². The summed E-state index contributed by atoms with van der Waals surface area (Å²) in [7, 11) is 0. The topological polar surface area (TPSA) is 91.5 Å². The van der Waals surface area contributed by atoms with Gasteiger partial charge in [-0.15, -0.1) is 0 Å². The molecule has 0 spiro atoms. The molecule has 1 aliphatic rings. The van der Waals surface area contributed by atoms with Crippen LogP contribution < -0.4 is 16.2 Å². The van der Waals surface area contributed by atoms with E-state index in [9.17, 15) is 9.90 Å². The Morgan fingerprint density at radius 2 is 1.80 bits per heavy atom. The minimum absolute atomic E-state index is 0.0711. The van der Waals surface area contributed by atoms with Crippen LogP contribution in [0.1, 0.15) is 17.4 Å². The Morgan fingerprint density at radius 3 is 2.63 bits per heavy atom. The number of hydrogen-bond donors (Lipinski definition) is 3. The monoisotopic (exact) mass is 397 g/mol. The van der Waals surface area contributed by atoms with Gasteiger partial charge in [-0.1, -0.05) is 48.5 Å². The normalized spacial score (nSPS) is 15.2. The van der Waals surface area contributed by atoms with Gasteiger partial charge < -0.3 is 10.4 Å². The Balaban J connectivity index is 1.73. The van der Waals surface area contributed by atoms with Crippen LogP contribution in [0, 0.1) is 6.92 Å². The molecular formula is C23H19N5O2. The van der Waals surface area contributed by atoms with Crippen molar-refractivity contribution in [3.63, 3.8) is 0 Å². The molecule has 5 rings (SSSR count). The molecule has 1 aromatic heterocycles. The minimum Gasteiger partial charge on any atom is -0.507 e. The summed E-state index contributed by atoms with van der Waals surface area (Å²) in [5.74, 6) is 0.878. The average molecular weight is 397 g/mol. The van der Waals surface area contributed by atoms with Crippen molar-refractivity contribution in [3.05, 3.63) is 94.4 Å². The standard InChI is InChI=1S/C23H19N5O2/c1-14-13-19(30)28-21(20-17-10-6-5-7-15(17)11-12-18(20)29)26-22(27-23(28)24-14)25-16-8-3-2-4-9-16/h2-13,21,29H,1H3,(H2,24,25,26,27). The maximum Gasteiger partial charge on any atom is 0.257 e. The zero-order valence-electron chi connectivity index (χ0n) is 16.2. The van der Waals surface area contributed by atoms with Crippen molar-refractivity contribution in [3.8, 4) is 5.75 Å². The van der Waals surface area contributed by atoms with Crippen LogP contribution in [0.25, 0.3) is 10.8 Å². The first-order chi connectivity index (χ1) is 14.6. The summed E-state index contributed by atoms with van der Waals surface area (Å²) in [6, 6.07) is 22.2. The number of aromatic hydroxyl groups is 1. The number of phenolic OH excluding ortho intramolecular Hbond substituents is 1. The molecule has 3 N–H and O–H groups in total. The molecule has 0 bridgehead atoms. The molecule has 148 valence electrons. The first kappa shape index (κ1) is 17.9. The summed E-state index contributed by atoms with van der Waals surface area (Å²) in [4.78, 5) is 22.1. The van der Waals surface area contributed by atoms with E-state index >= 15 is 0 Å². The van der Waals surface area contributed by atoms with Crippen molar-refractivity contribution in [2.45, 2.75) is 13.1 Å². The average Bonchev–Trinajstić information content (AvgIpc) is 2.73. The van der Waals surface area contributed by atoms with Crippen molar-refractivity contribution in [1.82, 2.24) is 9.55 Å². The Bertz CT molecular complexity index is 1350. The van der Waals surface area contributed by atoms with Crippen molar-refractivity contribution in [1.29, 1.82) is 0 Å². The van der Waals surface area contributed by atoms with Gasteiger partial charge in [0.15, 0.2) is 6.17 Å². The Labute approximate surface area is 172 Å². The third-order valence-electron chi connectivity index (χ3n) is 5.05. The van der Waals surface area contributed by atoms with Crippen molar-refractivity contribution in [2.24, 2.45) is 4.99 Å². The lowest BCUT2D eigenvalue weighted by Gasteiger charge is -2.28. The summed E-state index contributed by atoms with van der Waals surface area (Å²) >= 11 is 0. The molecule has 7 heteroatoms. The molecule has 4 aromatic rings. The van der Waals surface area contributed by atoms with Crippen LogP contribution in [0.5, 0.6) is 5.75 Å². The number of nitrogens with zero attached hydrogens (tertiary/aromatic N) is 3. The molecule has 1 atom stereocenters. The second kappa shape index (κ2) is 7.04. The van der Waals surface area contributed by atoms with Crippen LogP contribution >= 0.6 is 0 Å². The number of benzene rings is 3. The largest absolute Gasteiger partial charge is 0.507 e. The highest BCUT2D eigenvalue weighted by molar-refractivity contribution is 6.03. The van der Waals surface area contributed by atoms with Crippen LogP contribution in [0.3, 0.4) is 0 Å². The second-order valence-electron chi connectivity index (χ2n) is 7.12. The fourth-order valence-electron chi connectivity index (χ4n) is 3.72. The number of phenols is 1. The molecule has 0 saturated carbocycles. The molecule has 0 saturated heterocycles. The van der Waals surface area contributed by atoms with E-state index in [1.165, 1.54) is 10.6 Å². The van der Waals surface area contributed by atoms with Gasteiger partial charge in [0.1, 0.15) is 5.75 Å². The number of anilines is 2. The smallest absolute Gasteiger partial charge is 0.257 e. The predicted octanol–water partition coefficient (Wildman–Crippen LogP) is 3.85. The van der Waals surface area contributed by atoms with Gasteiger partial charge in [0.2, 0.25) is 11.9 Å². The van der Waals surface area contributed by atoms with Crippen LogP contribution in [-0.4, -0.2) is 20.6 Å². The number of aromatic nitrogens is 2. The molecule has 0 fully saturated rings. The number of aliphatic imine (C=N–C) groups is 1. The summed E-state index contributed by atoms with van der Waals surface area (Å²) in [6.45, 7) is 1.77. The van der Waals surface area contributed by atoms with E-state index in [1.54, 1.807) is 13.0 Å². The first-order valence-corrected chi connectivity index (χ1v) is 9.58. The Hall–Kier alpha value is -4.13. The predicted molar refractivity (Wildman–Crippen MR) is 118 cm³/mol. The zero-order chi connectivity index (χ0) is 20.7. The number of guanidine groups is 1. The molecule has 0 radical (unpaired) electrons. The molecular weight excluding hydrogens is 378 g/mol.